The summed E-state index contributed by atoms with van der Waals surface area (Å²) in [6.07, 6.45) is 8.64. The number of carbonyl (C=O) groups is 1. The molecule has 196 valence electrons. The normalized spacial score (nSPS) is 19.1. The molecule has 0 N–H and O–H groups in total. The van der Waals surface area contributed by atoms with Gasteiger partial charge in [0.2, 0.25) is 0 Å². The van der Waals surface area contributed by atoms with Gasteiger partial charge in [-0.3, -0.25) is 0 Å². The third kappa shape index (κ3) is 6.65. The number of unbranched alkanes of at least 4 members (excludes halogenated alkanes) is 1. The SMILES string of the molecule is CCCCOC(=O)/C=C/Oc1cc2c(cc1SC)N(c1ccccc1)CC(CC)(CCC)CS2(=O)=O. The molecule has 0 amide bonds. The van der Waals surface area contributed by atoms with Gasteiger partial charge in [-0.25, -0.2) is 13.2 Å². The number of fused-ring (bicyclic) bond motifs is 1. The van der Waals surface area contributed by atoms with E-state index >= 15 is 0 Å². The standard InChI is InChI=1S/C28H37NO5S2/c1-5-8-16-34-27(30)14-17-33-24-19-26-23(18-25(24)35-4)29(22-12-10-9-11-13-22)20-28(7-3,15-6-2)21-36(26,31)32/h9-14,17-19H,5-8,15-16,20-21H2,1-4H3/b17-14+. The van der Waals surface area contributed by atoms with Gasteiger partial charge in [0, 0.05) is 23.7 Å². The van der Waals surface area contributed by atoms with Crippen molar-refractivity contribution in [3.8, 4) is 5.75 Å². The van der Waals surface area contributed by atoms with Crippen LogP contribution in [0.1, 0.15) is 52.9 Å². The number of hydrogen-bond donors (Lipinski definition) is 0. The Balaban J connectivity index is 2.07. The van der Waals surface area contributed by atoms with E-state index in [2.05, 4.69) is 18.7 Å². The van der Waals surface area contributed by atoms with E-state index in [0.717, 1.165) is 42.7 Å². The van der Waals surface area contributed by atoms with Crippen LogP contribution >= 0.6 is 11.8 Å². The fourth-order valence-corrected chi connectivity index (χ4v) is 7.34. The first-order valence-electron chi connectivity index (χ1n) is 12.6. The number of esters is 1. The third-order valence-corrected chi connectivity index (χ3v) is 9.35. The predicted molar refractivity (Wildman–Crippen MR) is 147 cm³/mol. The predicted octanol–water partition coefficient (Wildman–Crippen LogP) is 6.77. The van der Waals surface area contributed by atoms with Crippen LogP contribution in [0.2, 0.25) is 0 Å². The van der Waals surface area contributed by atoms with Gasteiger partial charge in [-0.05, 0) is 43.7 Å². The summed E-state index contributed by atoms with van der Waals surface area (Å²) in [5, 5.41) is 0. The highest BCUT2D eigenvalue weighted by Gasteiger charge is 2.41. The first-order valence-corrected chi connectivity index (χ1v) is 15.4. The summed E-state index contributed by atoms with van der Waals surface area (Å²) < 4.78 is 38.5. The molecule has 1 heterocycles. The molecule has 2 aromatic carbocycles. The van der Waals surface area contributed by atoms with Crippen LogP contribution in [0.25, 0.3) is 0 Å². The Morgan fingerprint density at radius 2 is 1.89 bits per heavy atom. The molecule has 0 radical (unpaired) electrons. The molecule has 1 unspecified atom stereocenters. The van der Waals surface area contributed by atoms with Gasteiger partial charge in [0.25, 0.3) is 0 Å². The van der Waals surface area contributed by atoms with Crippen LogP contribution in [0.15, 0.2) is 64.6 Å². The van der Waals surface area contributed by atoms with E-state index in [1.165, 1.54) is 24.1 Å². The summed E-state index contributed by atoms with van der Waals surface area (Å²) >= 11 is 1.47. The Morgan fingerprint density at radius 3 is 2.53 bits per heavy atom. The van der Waals surface area contributed by atoms with Crippen molar-refractivity contribution in [3.63, 3.8) is 0 Å². The zero-order valence-electron chi connectivity index (χ0n) is 21.7. The zero-order chi connectivity index (χ0) is 26.2. The summed E-state index contributed by atoms with van der Waals surface area (Å²) in [6, 6.07) is 13.4. The molecule has 0 spiro atoms. The molecule has 2 aromatic rings. The molecule has 6 nitrogen and oxygen atoms in total. The molecule has 1 atom stereocenters. The van der Waals surface area contributed by atoms with Crippen molar-refractivity contribution in [1.29, 1.82) is 0 Å². The molecule has 3 rings (SSSR count). The van der Waals surface area contributed by atoms with Crippen LogP contribution in [0.4, 0.5) is 11.4 Å². The summed E-state index contributed by atoms with van der Waals surface area (Å²) in [6.45, 7) is 7.18. The van der Waals surface area contributed by atoms with E-state index in [-0.39, 0.29) is 16.1 Å². The molecule has 1 aliphatic rings. The minimum Gasteiger partial charge on any atom is -0.464 e. The van der Waals surface area contributed by atoms with Crippen molar-refractivity contribution in [1.82, 2.24) is 0 Å². The maximum absolute atomic E-state index is 13.8. The van der Waals surface area contributed by atoms with E-state index < -0.39 is 15.8 Å². The first-order chi connectivity index (χ1) is 17.3. The molecular formula is C28H37NO5S2. The average Bonchev–Trinajstić information content (AvgIpc) is 2.96. The lowest BCUT2D eigenvalue weighted by Gasteiger charge is -2.36. The van der Waals surface area contributed by atoms with Crippen molar-refractivity contribution in [2.24, 2.45) is 5.41 Å². The summed E-state index contributed by atoms with van der Waals surface area (Å²) in [7, 11) is -3.61. The number of anilines is 2. The minimum absolute atomic E-state index is 0.0817. The monoisotopic (exact) mass is 531 g/mol. The van der Waals surface area contributed by atoms with E-state index in [0.29, 0.717) is 24.6 Å². The number of hydrogen-bond acceptors (Lipinski definition) is 7. The summed E-state index contributed by atoms with van der Waals surface area (Å²) in [4.78, 5) is 15.1. The van der Waals surface area contributed by atoms with Crippen LogP contribution in [0.5, 0.6) is 5.75 Å². The van der Waals surface area contributed by atoms with Crippen molar-refractivity contribution in [2.75, 3.05) is 30.1 Å². The first kappa shape index (κ1) is 28.1. The van der Waals surface area contributed by atoms with Gasteiger partial charge < -0.3 is 14.4 Å². The van der Waals surface area contributed by atoms with E-state index in [9.17, 15) is 13.2 Å². The highest BCUT2D eigenvalue weighted by molar-refractivity contribution is 7.98. The van der Waals surface area contributed by atoms with Gasteiger partial charge in [0.1, 0.15) is 5.75 Å². The second kappa shape index (κ2) is 12.7. The van der Waals surface area contributed by atoms with Gasteiger partial charge in [-0.1, -0.05) is 51.8 Å². The smallest absolute Gasteiger partial charge is 0.333 e. The van der Waals surface area contributed by atoms with Crippen molar-refractivity contribution >= 4 is 38.9 Å². The Labute approximate surface area is 220 Å². The molecule has 0 saturated carbocycles. The molecular weight excluding hydrogens is 494 g/mol. The van der Waals surface area contributed by atoms with E-state index in [1.807, 2.05) is 49.6 Å². The Hall–Kier alpha value is -2.45. The van der Waals surface area contributed by atoms with Crippen molar-refractivity contribution in [2.45, 2.75) is 62.7 Å². The van der Waals surface area contributed by atoms with Crippen LogP contribution < -0.4 is 9.64 Å². The van der Waals surface area contributed by atoms with Crippen LogP contribution in [-0.4, -0.2) is 39.5 Å². The summed E-state index contributed by atoms with van der Waals surface area (Å²) in [5.74, 6) is -0.00721. The highest BCUT2D eigenvalue weighted by atomic mass is 32.2. The van der Waals surface area contributed by atoms with Gasteiger partial charge in [-0.2, -0.15) is 0 Å². The molecule has 0 saturated heterocycles. The number of rotatable bonds is 11. The van der Waals surface area contributed by atoms with Crippen LogP contribution in [0, 0.1) is 5.41 Å². The second-order valence-corrected chi connectivity index (χ2v) is 12.0. The number of nitrogens with zero attached hydrogens (tertiary/aromatic N) is 1. The van der Waals surface area contributed by atoms with Crippen molar-refractivity contribution < 1.29 is 22.7 Å². The number of sulfone groups is 1. The van der Waals surface area contributed by atoms with Gasteiger partial charge >= 0.3 is 5.97 Å². The Morgan fingerprint density at radius 1 is 1.14 bits per heavy atom. The molecule has 0 aliphatic carbocycles. The van der Waals surface area contributed by atoms with E-state index in [1.54, 1.807) is 6.07 Å². The Kier molecular flexibility index (Phi) is 9.91. The molecule has 1 aliphatic heterocycles. The average molecular weight is 532 g/mol. The van der Waals surface area contributed by atoms with Gasteiger partial charge in [-0.15, -0.1) is 11.8 Å². The van der Waals surface area contributed by atoms with Crippen LogP contribution in [0.3, 0.4) is 0 Å². The highest BCUT2D eigenvalue weighted by Crippen LogP contribution is 2.47. The molecule has 8 heteroatoms. The number of benzene rings is 2. The van der Waals surface area contributed by atoms with Crippen LogP contribution in [-0.2, 0) is 19.4 Å². The zero-order valence-corrected chi connectivity index (χ0v) is 23.3. The number of carbonyl (C=O) groups excluding carboxylic acids is 1. The van der Waals surface area contributed by atoms with Crippen molar-refractivity contribution in [3.05, 3.63) is 54.8 Å². The summed E-state index contributed by atoms with van der Waals surface area (Å²) in [5.41, 5.74) is 1.25. The maximum Gasteiger partial charge on any atom is 0.333 e. The third-order valence-electron chi connectivity index (χ3n) is 6.60. The topological polar surface area (TPSA) is 72.9 Å². The number of ether oxygens (including phenoxy) is 2. The lowest BCUT2D eigenvalue weighted by molar-refractivity contribution is -0.137. The minimum atomic E-state index is -3.61. The maximum atomic E-state index is 13.8. The lowest BCUT2D eigenvalue weighted by Crippen LogP contribution is -2.37. The number of para-hydroxylation sites is 1. The van der Waals surface area contributed by atoms with Gasteiger partial charge in [0.15, 0.2) is 9.84 Å². The quantitative estimate of drug-likeness (QED) is 0.104. The van der Waals surface area contributed by atoms with Gasteiger partial charge in [0.05, 0.1) is 40.2 Å². The lowest BCUT2D eigenvalue weighted by atomic mass is 9.82. The largest absolute Gasteiger partial charge is 0.464 e. The fraction of sp³-hybridized carbons (Fsp3) is 0.464. The molecule has 0 fully saturated rings. The molecule has 36 heavy (non-hydrogen) atoms. The van der Waals surface area contributed by atoms with E-state index in [4.69, 9.17) is 9.47 Å². The second-order valence-electron chi connectivity index (χ2n) is 9.20. The Bertz CT molecular complexity index is 1160. The fourth-order valence-electron chi connectivity index (χ4n) is 4.63. The number of thioether (sulfide) groups is 1. The molecule has 0 aromatic heterocycles. The molecule has 0 bridgehead atoms.